The first kappa shape index (κ1) is 11.2. The van der Waals surface area contributed by atoms with Gasteiger partial charge in [0.15, 0.2) is 11.0 Å². The molecule has 2 rings (SSSR count). The Morgan fingerprint density at radius 3 is 2.60 bits per heavy atom. The van der Waals surface area contributed by atoms with Gasteiger partial charge in [-0.15, -0.1) is 11.3 Å². The van der Waals surface area contributed by atoms with Gasteiger partial charge in [0.25, 0.3) is 0 Å². The zero-order chi connectivity index (χ0) is 11.0. The number of ketones is 1. The van der Waals surface area contributed by atoms with Gasteiger partial charge in [-0.05, 0) is 45.7 Å². The molecule has 0 unspecified atom stereocenters. The minimum Gasteiger partial charge on any atom is -0.441 e. The first-order chi connectivity index (χ1) is 7.08. The second-order valence-electron chi connectivity index (χ2n) is 2.67. The highest BCUT2D eigenvalue weighted by atomic mass is 79.9. The third-order valence-corrected chi connectivity index (χ3v) is 4.34. The van der Waals surface area contributed by atoms with Crippen LogP contribution in [0.2, 0.25) is 10.2 Å². The Hall–Kier alpha value is -0.290. The van der Waals surface area contributed by atoms with Crippen molar-refractivity contribution < 1.29 is 9.21 Å². The van der Waals surface area contributed by atoms with E-state index in [-0.39, 0.29) is 16.8 Å². The van der Waals surface area contributed by atoms with Crippen molar-refractivity contribution in [3.63, 3.8) is 0 Å². The third-order valence-electron chi connectivity index (χ3n) is 1.67. The molecule has 0 spiro atoms. The number of hydrogen-bond acceptors (Lipinski definition) is 3. The number of hydrogen-bond donors (Lipinski definition) is 0. The number of furan rings is 1. The van der Waals surface area contributed by atoms with Crippen molar-refractivity contribution in [3.05, 3.63) is 42.9 Å². The predicted molar refractivity (Wildman–Crippen MR) is 64.2 cm³/mol. The molecule has 0 aliphatic rings. The molecule has 0 aliphatic carbocycles. The molecule has 2 aromatic heterocycles. The van der Waals surface area contributed by atoms with E-state index in [1.165, 1.54) is 23.5 Å². The van der Waals surface area contributed by atoms with Crippen LogP contribution in [-0.4, -0.2) is 5.78 Å². The van der Waals surface area contributed by atoms with Crippen LogP contribution in [0.4, 0.5) is 0 Å². The van der Waals surface area contributed by atoms with Crippen molar-refractivity contribution in [1.82, 2.24) is 0 Å². The number of carbonyl (C=O) groups excluding carboxylic acids is 1. The number of halogens is 3. The van der Waals surface area contributed by atoms with Crippen LogP contribution in [0.1, 0.15) is 15.4 Å². The maximum absolute atomic E-state index is 11.8. The summed E-state index contributed by atoms with van der Waals surface area (Å²) in [6, 6.07) is 4.65. The van der Waals surface area contributed by atoms with Crippen LogP contribution in [-0.2, 0) is 0 Å². The van der Waals surface area contributed by atoms with Gasteiger partial charge < -0.3 is 4.42 Å². The molecule has 78 valence electrons. The van der Waals surface area contributed by atoms with Crippen molar-refractivity contribution >= 4 is 56.3 Å². The Labute approximate surface area is 108 Å². The number of rotatable bonds is 2. The van der Waals surface area contributed by atoms with E-state index in [0.29, 0.717) is 9.90 Å². The average molecular weight is 326 g/mol. The molecule has 0 aromatic carbocycles. The lowest BCUT2D eigenvalue weighted by Gasteiger charge is -1.90. The Bertz CT molecular complexity index is 498. The van der Waals surface area contributed by atoms with Gasteiger partial charge in [0.1, 0.15) is 0 Å². The molecule has 2 heterocycles. The zero-order valence-electron chi connectivity index (χ0n) is 7.09. The van der Waals surface area contributed by atoms with Crippen molar-refractivity contribution in [1.29, 1.82) is 0 Å². The molecule has 2 nitrogen and oxygen atoms in total. The Balaban J connectivity index is 2.36. The van der Waals surface area contributed by atoms with Crippen LogP contribution in [0.5, 0.6) is 0 Å². The lowest BCUT2D eigenvalue weighted by Crippen LogP contribution is -1.95. The van der Waals surface area contributed by atoms with Gasteiger partial charge in [0, 0.05) is 0 Å². The van der Waals surface area contributed by atoms with Gasteiger partial charge >= 0.3 is 0 Å². The summed E-state index contributed by atoms with van der Waals surface area (Å²) in [4.78, 5) is 12.3. The lowest BCUT2D eigenvalue weighted by atomic mass is 10.2. The summed E-state index contributed by atoms with van der Waals surface area (Å²) in [5, 5.41) is 0.709. The largest absolute Gasteiger partial charge is 0.441 e. The van der Waals surface area contributed by atoms with Crippen LogP contribution in [0, 0.1) is 0 Å². The maximum atomic E-state index is 11.8. The van der Waals surface area contributed by atoms with Gasteiger partial charge in [-0.2, -0.15) is 0 Å². The van der Waals surface area contributed by atoms with Gasteiger partial charge in [0.2, 0.25) is 5.78 Å². The minimum absolute atomic E-state index is 0.195. The fourth-order valence-electron chi connectivity index (χ4n) is 1.02. The second kappa shape index (κ2) is 4.29. The van der Waals surface area contributed by atoms with Crippen molar-refractivity contribution in [2.24, 2.45) is 0 Å². The molecule has 0 aliphatic heterocycles. The highest BCUT2D eigenvalue weighted by Crippen LogP contribution is 2.33. The van der Waals surface area contributed by atoms with Crippen molar-refractivity contribution in [2.45, 2.75) is 0 Å². The summed E-state index contributed by atoms with van der Waals surface area (Å²) >= 11 is 15.9. The van der Waals surface area contributed by atoms with Gasteiger partial charge in [-0.25, -0.2) is 0 Å². The van der Waals surface area contributed by atoms with E-state index in [0.717, 1.165) is 3.79 Å². The van der Waals surface area contributed by atoms with E-state index in [4.69, 9.17) is 27.6 Å². The second-order valence-corrected chi connectivity index (χ2v) is 5.81. The molecule has 2 aromatic rings. The fraction of sp³-hybridized carbons (Fsp3) is 0. The van der Waals surface area contributed by atoms with Gasteiger partial charge in [-0.3, -0.25) is 4.79 Å². The normalized spacial score (nSPS) is 10.6. The summed E-state index contributed by atoms with van der Waals surface area (Å²) in [7, 11) is 0. The predicted octanol–water partition coefficient (Wildman–Crippen LogP) is 4.64. The topological polar surface area (TPSA) is 30.2 Å². The minimum atomic E-state index is -0.223. The molecule has 15 heavy (non-hydrogen) atoms. The summed E-state index contributed by atoms with van der Waals surface area (Å²) in [6.45, 7) is 0. The number of carbonyl (C=O) groups is 1. The fourth-order valence-corrected chi connectivity index (χ4v) is 2.81. The summed E-state index contributed by atoms with van der Waals surface area (Å²) < 4.78 is 5.74. The monoisotopic (exact) mass is 324 g/mol. The lowest BCUT2D eigenvalue weighted by molar-refractivity contribution is 0.101. The first-order valence-electron chi connectivity index (χ1n) is 3.83. The highest BCUT2D eigenvalue weighted by molar-refractivity contribution is 9.11. The Kier molecular flexibility index (Phi) is 3.21. The molecule has 0 saturated carbocycles. The smallest absolute Gasteiger partial charge is 0.238 e. The van der Waals surface area contributed by atoms with Crippen LogP contribution in [0.15, 0.2) is 26.4 Å². The molecule has 0 bridgehead atoms. The van der Waals surface area contributed by atoms with Crippen LogP contribution in [0.3, 0.4) is 0 Å². The Morgan fingerprint density at radius 2 is 2.13 bits per heavy atom. The van der Waals surface area contributed by atoms with Crippen LogP contribution < -0.4 is 0 Å². The number of thiophene rings is 1. The van der Waals surface area contributed by atoms with E-state index >= 15 is 0 Å². The average Bonchev–Trinajstić information content (AvgIpc) is 2.74. The van der Waals surface area contributed by atoms with Crippen LogP contribution in [0.25, 0.3) is 0 Å². The molecule has 0 amide bonds. The zero-order valence-corrected chi connectivity index (χ0v) is 11.0. The molecule has 0 saturated heterocycles. The molecule has 6 heteroatoms. The van der Waals surface area contributed by atoms with E-state index in [2.05, 4.69) is 15.9 Å². The van der Waals surface area contributed by atoms with Crippen molar-refractivity contribution in [2.75, 3.05) is 0 Å². The van der Waals surface area contributed by atoms with E-state index in [1.54, 1.807) is 6.07 Å². The SMILES string of the molecule is O=C(c1ccc(Cl)o1)c1cc(Cl)c(Br)s1. The quantitative estimate of drug-likeness (QED) is 0.753. The standard InChI is InChI=1S/C9H3BrCl2O2S/c10-9-4(11)3-6(15-9)8(13)5-1-2-7(12)14-5/h1-3H. The molecule has 0 atom stereocenters. The van der Waals surface area contributed by atoms with E-state index < -0.39 is 0 Å². The van der Waals surface area contributed by atoms with Crippen LogP contribution >= 0.6 is 50.5 Å². The first-order valence-corrected chi connectivity index (χ1v) is 6.19. The molecule has 0 N–H and O–H groups in total. The van der Waals surface area contributed by atoms with Gasteiger partial charge in [-0.1, -0.05) is 11.6 Å². The maximum Gasteiger partial charge on any atom is 0.238 e. The molecular formula is C9H3BrCl2O2S. The molecule has 0 radical (unpaired) electrons. The third kappa shape index (κ3) is 2.28. The van der Waals surface area contributed by atoms with Crippen molar-refractivity contribution in [3.8, 4) is 0 Å². The summed E-state index contributed by atoms with van der Waals surface area (Å²) in [5.74, 6) is -0.00934. The summed E-state index contributed by atoms with van der Waals surface area (Å²) in [5.41, 5.74) is 0. The van der Waals surface area contributed by atoms with E-state index in [1.807, 2.05) is 0 Å². The molecule has 0 fully saturated rings. The Morgan fingerprint density at radius 1 is 1.40 bits per heavy atom. The molecular weight excluding hydrogens is 323 g/mol. The summed E-state index contributed by atoms with van der Waals surface area (Å²) in [6.07, 6.45) is 0. The van der Waals surface area contributed by atoms with E-state index in [9.17, 15) is 4.79 Å². The highest BCUT2D eigenvalue weighted by Gasteiger charge is 2.17. The van der Waals surface area contributed by atoms with Gasteiger partial charge in [0.05, 0.1) is 13.7 Å².